The highest BCUT2D eigenvalue weighted by Gasteiger charge is 2.19. The van der Waals surface area contributed by atoms with E-state index < -0.39 is 0 Å². The van der Waals surface area contributed by atoms with Gasteiger partial charge in [0.05, 0.1) is 7.11 Å². The van der Waals surface area contributed by atoms with Crippen LogP contribution in [0.15, 0.2) is 12.3 Å². The van der Waals surface area contributed by atoms with E-state index in [1.165, 1.54) is 18.4 Å². The SMILES string of the molecule is CC.CCc1ccnc(N2CCCC2)c1OC. The third-order valence-electron chi connectivity index (χ3n) is 2.96. The molecule has 1 aliphatic rings. The largest absolute Gasteiger partial charge is 0.493 e. The van der Waals surface area contributed by atoms with Gasteiger partial charge in [0.1, 0.15) is 0 Å². The smallest absolute Gasteiger partial charge is 0.171 e. The summed E-state index contributed by atoms with van der Waals surface area (Å²) in [5.74, 6) is 1.98. The van der Waals surface area contributed by atoms with Crippen LogP contribution in [0.3, 0.4) is 0 Å². The standard InChI is InChI=1S/C12H18N2O.C2H6/c1-3-10-6-7-13-12(11(10)15-2)14-8-4-5-9-14;1-2/h6-7H,3-5,8-9H2,1-2H3;1-2H3. The van der Waals surface area contributed by atoms with E-state index in [0.29, 0.717) is 0 Å². The van der Waals surface area contributed by atoms with E-state index in [0.717, 1.165) is 31.1 Å². The molecule has 17 heavy (non-hydrogen) atoms. The first kappa shape index (κ1) is 13.8. The molecule has 0 aliphatic carbocycles. The topological polar surface area (TPSA) is 25.4 Å². The Bertz CT molecular complexity index is 333. The Kier molecular flexibility index (Phi) is 5.81. The van der Waals surface area contributed by atoms with Crippen LogP contribution in [0.1, 0.15) is 39.2 Å². The van der Waals surface area contributed by atoms with Crippen molar-refractivity contribution in [2.24, 2.45) is 0 Å². The quantitative estimate of drug-likeness (QED) is 0.805. The van der Waals surface area contributed by atoms with Gasteiger partial charge in [0.2, 0.25) is 0 Å². The van der Waals surface area contributed by atoms with Crippen LogP contribution >= 0.6 is 0 Å². The summed E-state index contributed by atoms with van der Waals surface area (Å²) in [6, 6.07) is 2.04. The van der Waals surface area contributed by atoms with Gasteiger partial charge >= 0.3 is 0 Å². The predicted octanol–water partition coefficient (Wildman–Crippen LogP) is 3.28. The number of aryl methyl sites for hydroxylation is 1. The zero-order chi connectivity index (χ0) is 12.7. The Morgan fingerprint density at radius 1 is 1.29 bits per heavy atom. The Labute approximate surface area is 105 Å². The van der Waals surface area contributed by atoms with E-state index in [4.69, 9.17) is 4.74 Å². The number of methoxy groups -OCH3 is 1. The fourth-order valence-corrected chi connectivity index (χ4v) is 2.13. The normalized spacial score (nSPS) is 14.2. The molecule has 0 N–H and O–H groups in total. The lowest BCUT2D eigenvalue weighted by Crippen LogP contribution is -2.20. The summed E-state index contributed by atoms with van der Waals surface area (Å²) < 4.78 is 5.48. The Morgan fingerprint density at radius 2 is 1.94 bits per heavy atom. The van der Waals surface area contributed by atoms with Crippen LogP contribution in [0.5, 0.6) is 5.75 Å². The molecule has 0 saturated carbocycles. The minimum Gasteiger partial charge on any atom is -0.493 e. The second-order valence-corrected chi connectivity index (χ2v) is 3.87. The van der Waals surface area contributed by atoms with Crippen molar-refractivity contribution in [3.8, 4) is 5.75 Å². The first-order valence-electron chi connectivity index (χ1n) is 6.63. The average molecular weight is 236 g/mol. The molecule has 1 fully saturated rings. The van der Waals surface area contributed by atoms with E-state index >= 15 is 0 Å². The number of rotatable bonds is 3. The summed E-state index contributed by atoms with van der Waals surface area (Å²) in [5.41, 5.74) is 1.24. The Balaban J connectivity index is 0.000000686. The molecule has 96 valence electrons. The van der Waals surface area contributed by atoms with Crippen molar-refractivity contribution in [3.05, 3.63) is 17.8 Å². The highest BCUT2D eigenvalue weighted by Crippen LogP contribution is 2.31. The molecule has 0 atom stereocenters. The van der Waals surface area contributed by atoms with Gasteiger partial charge in [0, 0.05) is 19.3 Å². The number of nitrogens with zero attached hydrogens (tertiary/aromatic N) is 2. The second-order valence-electron chi connectivity index (χ2n) is 3.87. The first-order chi connectivity index (χ1) is 8.36. The molecule has 0 spiro atoms. The zero-order valence-corrected chi connectivity index (χ0v) is 11.5. The van der Waals surface area contributed by atoms with E-state index in [1.807, 2.05) is 26.1 Å². The summed E-state index contributed by atoms with van der Waals surface area (Å²) >= 11 is 0. The number of anilines is 1. The molecule has 3 heteroatoms. The van der Waals surface area contributed by atoms with Crippen molar-refractivity contribution in [2.75, 3.05) is 25.1 Å². The van der Waals surface area contributed by atoms with Crippen molar-refractivity contribution in [2.45, 2.75) is 40.0 Å². The van der Waals surface area contributed by atoms with Gasteiger partial charge < -0.3 is 9.64 Å². The maximum atomic E-state index is 5.48. The minimum atomic E-state index is 0.960. The molecule has 2 heterocycles. The van der Waals surface area contributed by atoms with Gasteiger partial charge in [-0.05, 0) is 30.9 Å². The van der Waals surface area contributed by atoms with Crippen LogP contribution < -0.4 is 9.64 Å². The first-order valence-corrected chi connectivity index (χ1v) is 6.63. The van der Waals surface area contributed by atoms with Crippen molar-refractivity contribution in [1.82, 2.24) is 4.98 Å². The molecule has 1 aliphatic heterocycles. The van der Waals surface area contributed by atoms with Crippen molar-refractivity contribution in [1.29, 1.82) is 0 Å². The molecular weight excluding hydrogens is 212 g/mol. The summed E-state index contributed by atoms with van der Waals surface area (Å²) in [5, 5.41) is 0. The van der Waals surface area contributed by atoms with Gasteiger partial charge in [-0.1, -0.05) is 20.8 Å². The fraction of sp³-hybridized carbons (Fsp3) is 0.643. The lowest BCUT2D eigenvalue weighted by Gasteiger charge is -2.20. The minimum absolute atomic E-state index is 0.960. The van der Waals surface area contributed by atoms with Crippen LogP contribution in [0.4, 0.5) is 5.82 Å². The summed E-state index contributed by atoms with van der Waals surface area (Å²) in [4.78, 5) is 6.76. The summed E-state index contributed by atoms with van der Waals surface area (Å²) in [7, 11) is 1.73. The van der Waals surface area contributed by atoms with E-state index in [1.54, 1.807) is 7.11 Å². The molecule has 0 radical (unpaired) electrons. The van der Waals surface area contributed by atoms with Crippen LogP contribution in [0.2, 0.25) is 0 Å². The molecule has 1 aromatic rings. The average Bonchev–Trinajstić information content (AvgIpc) is 2.93. The number of hydrogen-bond acceptors (Lipinski definition) is 3. The van der Waals surface area contributed by atoms with Gasteiger partial charge in [0.25, 0.3) is 0 Å². The molecule has 0 aromatic carbocycles. The second kappa shape index (κ2) is 7.15. The summed E-state index contributed by atoms with van der Waals surface area (Å²) in [6.45, 7) is 8.36. The van der Waals surface area contributed by atoms with Crippen LogP contribution in [-0.2, 0) is 6.42 Å². The molecule has 1 aromatic heterocycles. The van der Waals surface area contributed by atoms with Gasteiger partial charge in [-0.15, -0.1) is 0 Å². The van der Waals surface area contributed by atoms with E-state index in [-0.39, 0.29) is 0 Å². The Hall–Kier alpha value is -1.25. The van der Waals surface area contributed by atoms with Gasteiger partial charge in [-0.2, -0.15) is 0 Å². The number of aromatic nitrogens is 1. The highest BCUT2D eigenvalue weighted by atomic mass is 16.5. The van der Waals surface area contributed by atoms with Crippen molar-refractivity contribution in [3.63, 3.8) is 0 Å². The highest BCUT2D eigenvalue weighted by molar-refractivity contribution is 5.56. The molecular formula is C14H24N2O. The molecule has 2 rings (SSSR count). The van der Waals surface area contributed by atoms with E-state index in [2.05, 4.69) is 16.8 Å². The molecule has 0 amide bonds. The number of hydrogen-bond donors (Lipinski definition) is 0. The summed E-state index contributed by atoms with van der Waals surface area (Å²) in [6.07, 6.45) is 5.41. The predicted molar refractivity (Wildman–Crippen MR) is 73.0 cm³/mol. The van der Waals surface area contributed by atoms with Gasteiger partial charge in [0.15, 0.2) is 11.6 Å². The maximum absolute atomic E-state index is 5.48. The third-order valence-corrected chi connectivity index (χ3v) is 2.96. The molecule has 1 saturated heterocycles. The lowest BCUT2D eigenvalue weighted by molar-refractivity contribution is 0.408. The Morgan fingerprint density at radius 3 is 2.47 bits per heavy atom. The van der Waals surface area contributed by atoms with Crippen LogP contribution in [0, 0.1) is 0 Å². The van der Waals surface area contributed by atoms with Crippen molar-refractivity contribution < 1.29 is 4.74 Å². The maximum Gasteiger partial charge on any atom is 0.171 e. The lowest BCUT2D eigenvalue weighted by atomic mass is 10.2. The van der Waals surface area contributed by atoms with Crippen LogP contribution in [0.25, 0.3) is 0 Å². The van der Waals surface area contributed by atoms with Crippen molar-refractivity contribution >= 4 is 5.82 Å². The number of ether oxygens (including phenoxy) is 1. The molecule has 3 nitrogen and oxygen atoms in total. The number of pyridine rings is 1. The van der Waals surface area contributed by atoms with Crippen LogP contribution in [-0.4, -0.2) is 25.2 Å². The zero-order valence-electron chi connectivity index (χ0n) is 11.5. The monoisotopic (exact) mass is 236 g/mol. The van der Waals surface area contributed by atoms with Gasteiger partial charge in [-0.3, -0.25) is 0 Å². The van der Waals surface area contributed by atoms with Gasteiger partial charge in [-0.25, -0.2) is 4.98 Å². The molecule has 0 unspecified atom stereocenters. The van der Waals surface area contributed by atoms with E-state index in [9.17, 15) is 0 Å². The molecule has 0 bridgehead atoms. The fourth-order valence-electron chi connectivity index (χ4n) is 2.13. The third kappa shape index (κ3) is 3.11.